The van der Waals surface area contributed by atoms with Crippen LogP contribution >= 0.6 is 0 Å². The number of hydrogen-bond acceptors (Lipinski definition) is 5. The molecule has 0 aliphatic heterocycles. The van der Waals surface area contributed by atoms with E-state index in [0.717, 1.165) is 0 Å². The molecular weight excluding hydrogens is 272 g/mol. The van der Waals surface area contributed by atoms with E-state index in [2.05, 4.69) is 5.32 Å². The van der Waals surface area contributed by atoms with E-state index in [1.807, 2.05) is 13.8 Å². The Kier molecular flexibility index (Phi) is 5.95. The number of benzene rings is 1. The van der Waals surface area contributed by atoms with Gasteiger partial charge in [-0.1, -0.05) is 0 Å². The first-order valence-corrected chi connectivity index (χ1v) is 6.89. The number of anilines is 2. The quantitative estimate of drug-likeness (QED) is 0.614. The number of carbonyl (C=O) groups excluding carboxylic acids is 1. The third-order valence-corrected chi connectivity index (χ3v) is 3.33. The molecule has 1 aromatic carbocycles. The van der Waals surface area contributed by atoms with Crippen molar-refractivity contribution in [3.05, 3.63) is 28.3 Å². The number of hydrogen-bond donors (Lipinski definition) is 1. The molecule has 0 unspecified atom stereocenters. The lowest BCUT2D eigenvalue weighted by molar-refractivity contribution is -0.384. The minimum Gasteiger partial charge on any atom is -0.388 e. The average molecular weight is 294 g/mol. The fourth-order valence-corrected chi connectivity index (χ4v) is 2.04. The molecular formula is C14H22N4O3. The molecule has 0 saturated carbocycles. The summed E-state index contributed by atoms with van der Waals surface area (Å²) < 4.78 is 0. The largest absolute Gasteiger partial charge is 0.388 e. The van der Waals surface area contributed by atoms with Crippen LogP contribution in [0.5, 0.6) is 0 Å². The van der Waals surface area contributed by atoms with Crippen molar-refractivity contribution in [1.82, 2.24) is 4.90 Å². The van der Waals surface area contributed by atoms with E-state index in [1.54, 1.807) is 30.0 Å². The van der Waals surface area contributed by atoms with E-state index < -0.39 is 4.92 Å². The van der Waals surface area contributed by atoms with Gasteiger partial charge in [-0.2, -0.15) is 0 Å². The SMILES string of the molecule is CCN(CC)C(=O)CN(C)c1cc(NC)cc([N+](=O)[O-])c1. The smallest absolute Gasteiger partial charge is 0.273 e. The molecule has 1 amide bonds. The maximum atomic E-state index is 12.1. The number of nitro benzene ring substituents is 1. The molecule has 1 N–H and O–H groups in total. The van der Waals surface area contributed by atoms with Crippen LogP contribution in [0.2, 0.25) is 0 Å². The zero-order valence-corrected chi connectivity index (χ0v) is 12.9. The van der Waals surface area contributed by atoms with Crippen molar-refractivity contribution >= 4 is 23.0 Å². The second-order valence-electron chi connectivity index (χ2n) is 4.67. The van der Waals surface area contributed by atoms with Crippen LogP contribution in [0, 0.1) is 10.1 Å². The fourth-order valence-electron chi connectivity index (χ4n) is 2.04. The Balaban J connectivity index is 2.96. The van der Waals surface area contributed by atoms with E-state index in [0.29, 0.717) is 24.5 Å². The number of likely N-dealkylation sites (N-methyl/N-ethyl adjacent to an activating group) is 2. The summed E-state index contributed by atoms with van der Waals surface area (Å²) in [6.45, 7) is 5.34. The van der Waals surface area contributed by atoms with Crippen molar-refractivity contribution in [3.8, 4) is 0 Å². The molecule has 0 atom stereocenters. The number of nitrogens with one attached hydrogen (secondary N) is 1. The molecule has 1 aromatic rings. The third-order valence-electron chi connectivity index (χ3n) is 3.33. The van der Waals surface area contributed by atoms with Gasteiger partial charge in [0.2, 0.25) is 5.91 Å². The highest BCUT2D eigenvalue weighted by molar-refractivity contribution is 5.82. The second-order valence-corrected chi connectivity index (χ2v) is 4.67. The molecule has 7 heteroatoms. The lowest BCUT2D eigenvalue weighted by Crippen LogP contribution is -2.38. The van der Waals surface area contributed by atoms with E-state index in [1.165, 1.54) is 12.1 Å². The lowest BCUT2D eigenvalue weighted by Gasteiger charge is -2.24. The van der Waals surface area contributed by atoms with Gasteiger partial charge in [-0.3, -0.25) is 14.9 Å². The Labute approximate surface area is 124 Å². The maximum absolute atomic E-state index is 12.1. The monoisotopic (exact) mass is 294 g/mol. The summed E-state index contributed by atoms with van der Waals surface area (Å²) in [5.74, 6) is 0.0000128. The van der Waals surface area contributed by atoms with Crippen molar-refractivity contribution in [1.29, 1.82) is 0 Å². The summed E-state index contributed by atoms with van der Waals surface area (Å²) in [6.07, 6.45) is 0. The maximum Gasteiger partial charge on any atom is 0.273 e. The predicted molar refractivity (Wildman–Crippen MR) is 83.8 cm³/mol. The van der Waals surface area contributed by atoms with Crippen LogP contribution in [-0.4, -0.2) is 49.5 Å². The number of nitro groups is 1. The van der Waals surface area contributed by atoms with Gasteiger partial charge >= 0.3 is 0 Å². The fraction of sp³-hybridized carbons (Fsp3) is 0.500. The molecule has 0 spiro atoms. The first-order chi connectivity index (χ1) is 9.92. The number of nitrogens with zero attached hydrogens (tertiary/aromatic N) is 3. The summed E-state index contributed by atoms with van der Waals surface area (Å²) in [6, 6.07) is 4.71. The molecule has 116 valence electrons. The van der Waals surface area contributed by atoms with E-state index in [-0.39, 0.29) is 18.1 Å². The second kappa shape index (κ2) is 7.47. The van der Waals surface area contributed by atoms with Gasteiger partial charge in [-0.05, 0) is 19.9 Å². The van der Waals surface area contributed by atoms with Crippen molar-refractivity contribution in [2.45, 2.75) is 13.8 Å². The Morgan fingerprint density at radius 3 is 2.38 bits per heavy atom. The minimum absolute atomic E-state index is 0.0000128. The Morgan fingerprint density at radius 1 is 1.29 bits per heavy atom. The predicted octanol–water partition coefficient (Wildman–Crippen LogP) is 1.94. The highest BCUT2D eigenvalue weighted by Crippen LogP contribution is 2.26. The zero-order valence-electron chi connectivity index (χ0n) is 12.9. The van der Waals surface area contributed by atoms with Gasteiger partial charge in [0.1, 0.15) is 0 Å². The normalized spacial score (nSPS) is 10.1. The number of carbonyl (C=O) groups is 1. The van der Waals surface area contributed by atoms with Crippen LogP contribution in [0.4, 0.5) is 17.1 Å². The highest BCUT2D eigenvalue weighted by Gasteiger charge is 2.16. The number of non-ortho nitro benzene ring substituents is 1. The van der Waals surface area contributed by atoms with Gasteiger partial charge < -0.3 is 15.1 Å². The van der Waals surface area contributed by atoms with Gasteiger partial charge in [0.15, 0.2) is 0 Å². The standard InChI is InChI=1S/C14H22N4O3/c1-5-17(6-2)14(19)10-16(4)12-7-11(15-3)8-13(9-12)18(20)21/h7-9,15H,5-6,10H2,1-4H3. The molecule has 0 heterocycles. The summed E-state index contributed by atoms with van der Waals surface area (Å²) in [5.41, 5.74) is 1.27. The van der Waals surface area contributed by atoms with Crippen LogP contribution in [0.3, 0.4) is 0 Å². The van der Waals surface area contributed by atoms with Gasteiger partial charge in [0.25, 0.3) is 5.69 Å². The molecule has 0 bridgehead atoms. The average Bonchev–Trinajstić information content (AvgIpc) is 2.47. The topological polar surface area (TPSA) is 78.7 Å². The van der Waals surface area contributed by atoms with Crippen molar-refractivity contribution in [2.24, 2.45) is 0 Å². The van der Waals surface area contributed by atoms with E-state index >= 15 is 0 Å². The molecule has 0 aliphatic carbocycles. The molecule has 21 heavy (non-hydrogen) atoms. The molecule has 0 aromatic heterocycles. The van der Waals surface area contributed by atoms with Gasteiger partial charge in [0.05, 0.1) is 11.5 Å². The molecule has 0 radical (unpaired) electrons. The van der Waals surface area contributed by atoms with Gasteiger partial charge in [-0.15, -0.1) is 0 Å². The lowest BCUT2D eigenvalue weighted by atomic mass is 10.2. The highest BCUT2D eigenvalue weighted by atomic mass is 16.6. The Hall–Kier alpha value is -2.31. The van der Waals surface area contributed by atoms with Crippen molar-refractivity contribution < 1.29 is 9.72 Å². The van der Waals surface area contributed by atoms with E-state index in [9.17, 15) is 14.9 Å². The van der Waals surface area contributed by atoms with E-state index in [4.69, 9.17) is 0 Å². The summed E-state index contributed by atoms with van der Waals surface area (Å²) in [7, 11) is 3.45. The minimum atomic E-state index is -0.440. The van der Waals surface area contributed by atoms with Crippen molar-refractivity contribution in [3.63, 3.8) is 0 Å². The molecule has 7 nitrogen and oxygen atoms in total. The summed E-state index contributed by atoms with van der Waals surface area (Å²) in [4.78, 5) is 26.1. The molecule has 1 rings (SSSR count). The zero-order chi connectivity index (χ0) is 16.0. The van der Waals surface area contributed by atoms with Crippen LogP contribution in [0.1, 0.15) is 13.8 Å². The van der Waals surface area contributed by atoms with Crippen LogP contribution in [0.15, 0.2) is 18.2 Å². The Morgan fingerprint density at radius 2 is 1.90 bits per heavy atom. The molecule has 0 fully saturated rings. The van der Waals surface area contributed by atoms with Gasteiger partial charge in [0, 0.05) is 50.7 Å². The summed E-state index contributed by atoms with van der Waals surface area (Å²) in [5, 5.41) is 13.8. The van der Waals surface area contributed by atoms with Crippen LogP contribution in [0.25, 0.3) is 0 Å². The number of rotatable bonds is 7. The van der Waals surface area contributed by atoms with Crippen LogP contribution < -0.4 is 10.2 Å². The first-order valence-electron chi connectivity index (χ1n) is 6.89. The van der Waals surface area contributed by atoms with Crippen molar-refractivity contribution in [2.75, 3.05) is 43.9 Å². The molecule has 0 saturated heterocycles. The summed E-state index contributed by atoms with van der Waals surface area (Å²) >= 11 is 0. The third kappa shape index (κ3) is 4.34. The van der Waals surface area contributed by atoms with Crippen LogP contribution in [-0.2, 0) is 4.79 Å². The van der Waals surface area contributed by atoms with Gasteiger partial charge in [-0.25, -0.2) is 0 Å². The number of amides is 1. The Bertz CT molecular complexity index is 515. The molecule has 0 aliphatic rings. The first kappa shape index (κ1) is 16.7.